The van der Waals surface area contributed by atoms with Gasteiger partial charge in [0.25, 0.3) is 0 Å². The van der Waals surface area contributed by atoms with Gasteiger partial charge in [-0.05, 0) is 31.7 Å². The Labute approximate surface area is 110 Å². The van der Waals surface area contributed by atoms with Crippen molar-refractivity contribution >= 4 is 21.8 Å². The monoisotopic (exact) mass is 299 g/mol. The molecule has 0 radical (unpaired) electrons. The molecule has 0 saturated heterocycles. The lowest BCUT2D eigenvalue weighted by Gasteiger charge is -2.30. The van der Waals surface area contributed by atoms with Gasteiger partial charge in [0, 0.05) is 16.6 Å². The second-order valence-electron chi connectivity index (χ2n) is 4.24. The first-order chi connectivity index (χ1) is 7.91. The van der Waals surface area contributed by atoms with E-state index < -0.39 is 0 Å². The van der Waals surface area contributed by atoms with Crippen molar-refractivity contribution in [3.8, 4) is 0 Å². The van der Waals surface area contributed by atoms with Gasteiger partial charge in [0.2, 0.25) is 5.91 Å². The van der Waals surface area contributed by atoms with Crippen LogP contribution in [0.2, 0.25) is 0 Å². The molecule has 0 fully saturated rings. The number of carbonyl (C=O) groups is 1. The number of benzene rings is 1. The van der Waals surface area contributed by atoms with Crippen LogP contribution in [0.15, 0.2) is 28.7 Å². The van der Waals surface area contributed by atoms with Crippen LogP contribution in [0, 0.1) is 0 Å². The number of hydrogen-bond donors (Lipinski definition) is 2. The van der Waals surface area contributed by atoms with Gasteiger partial charge in [-0.15, -0.1) is 0 Å². The summed E-state index contributed by atoms with van der Waals surface area (Å²) in [7, 11) is 1.85. The Bertz CT molecular complexity index is 395. The van der Waals surface area contributed by atoms with Gasteiger partial charge in [-0.2, -0.15) is 0 Å². The van der Waals surface area contributed by atoms with Gasteiger partial charge in [-0.1, -0.05) is 28.1 Å². The standard InChI is InChI=1S/C12H18BrN3O/c1-8(14)12(16(2)7-11(15)17)9-4-3-5-10(13)6-9/h3-6,8,12H,7,14H2,1-2H3,(H2,15,17). The fourth-order valence-corrected chi connectivity index (χ4v) is 2.41. The van der Waals surface area contributed by atoms with E-state index in [4.69, 9.17) is 11.5 Å². The van der Waals surface area contributed by atoms with Crippen LogP contribution < -0.4 is 11.5 Å². The number of halogens is 1. The van der Waals surface area contributed by atoms with Gasteiger partial charge < -0.3 is 11.5 Å². The highest BCUT2D eigenvalue weighted by Gasteiger charge is 2.22. The number of rotatable bonds is 5. The Hall–Kier alpha value is -0.910. The molecule has 0 aliphatic heterocycles. The van der Waals surface area contributed by atoms with Crippen LogP contribution in [0.3, 0.4) is 0 Å². The van der Waals surface area contributed by atoms with Crippen LogP contribution >= 0.6 is 15.9 Å². The van der Waals surface area contributed by atoms with E-state index in [2.05, 4.69) is 15.9 Å². The minimum Gasteiger partial charge on any atom is -0.369 e. The second-order valence-corrected chi connectivity index (χ2v) is 5.16. The van der Waals surface area contributed by atoms with Crippen molar-refractivity contribution in [3.63, 3.8) is 0 Å². The van der Waals surface area contributed by atoms with Crippen LogP contribution in [-0.2, 0) is 4.79 Å². The lowest BCUT2D eigenvalue weighted by molar-refractivity contribution is -0.119. The molecule has 0 aliphatic rings. The molecule has 94 valence electrons. The molecule has 0 aromatic heterocycles. The summed E-state index contributed by atoms with van der Waals surface area (Å²) < 4.78 is 0.994. The summed E-state index contributed by atoms with van der Waals surface area (Å²) >= 11 is 3.43. The van der Waals surface area contributed by atoms with Crippen LogP contribution in [0.5, 0.6) is 0 Å². The van der Waals surface area contributed by atoms with E-state index in [1.165, 1.54) is 0 Å². The first kappa shape index (κ1) is 14.2. The third-order valence-electron chi connectivity index (χ3n) is 2.57. The van der Waals surface area contributed by atoms with Crippen LogP contribution in [-0.4, -0.2) is 30.4 Å². The SMILES string of the molecule is CC(N)C(c1cccc(Br)c1)N(C)CC(N)=O. The largest absolute Gasteiger partial charge is 0.369 e. The third-order valence-corrected chi connectivity index (χ3v) is 3.06. The van der Waals surface area contributed by atoms with Crippen molar-refractivity contribution in [2.45, 2.75) is 19.0 Å². The molecule has 1 aromatic carbocycles. The van der Waals surface area contributed by atoms with Gasteiger partial charge >= 0.3 is 0 Å². The minimum absolute atomic E-state index is 0.0278. The molecule has 0 spiro atoms. The highest BCUT2D eigenvalue weighted by Crippen LogP contribution is 2.24. The van der Waals surface area contributed by atoms with Crippen LogP contribution in [0.25, 0.3) is 0 Å². The van der Waals surface area contributed by atoms with Gasteiger partial charge in [0.1, 0.15) is 0 Å². The summed E-state index contributed by atoms with van der Waals surface area (Å²) in [5.74, 6) is -0.354. The third kappa shape index (κ3) is 4.11. The maximum absolute atomic E-state index is 11.0. The summed E-state index contributed by atoms with van der Waals surface area (Å²) in [4.78, 5) is 12.8. The van der Waals surface area contributed by atoms with Crippen molar-refractivity contribution in [1.82, 2.24) is 4.90 Å². The summed E-state index contributed by atoms with van der Waals surface area (Å²) in [6, 6.07) is 7.79. The van der Waals surface area contributed by atoms with Crippen molar-refractivity contribution in [2.75, 3.05) is 13.6 Å². The lowest BCUT2D eigenvalue weighted by atomic mass is 10.00. The molecule has 0 saturated carbocycles. The number of nitrogens with zero attached hydrogens (tertiary/aromatic N) is 1. The number of primary amides is 1. The highest BCUT2D eigenvalue weighted by molar-refractivity contribution is 9.10. The number of amides is 1. The first-order valence-corrected chi connectivity index (χ1v) is 6.20. The van der Waals surface area contributed by atoms with Crippen molar-refractivity contribution < 1.29 is 4.79 Å². The molecule has 0 heterocycles. The number of likely N-dealkylation sites (N-methyl/N-ethyl adjacent to an activating group) is 1. The Balaban J connectivity index is 2.96. The van der Waals surface area contributed by atoms with E-state index in [9.17, 15) is 4.79 Å². The fraction of sp³-hybridized carbons (Fsp3) is 0.417. The van der Waals surface area contributed by atoms with Crippen LogP contribution in [0.1, 0.15) is 18.5 Å². The Morgan fingerprint density at radius 1 is 1.53 bits per heavy atom. The molecule has 1 rings (SSSR count). The predicted octanol–water partition coefficient (Wildman–Crippen LogP) is 1.25. The zero-order valence-electron chi connectivity index (χ0n) is 10.1. The molecular weight excluding hydrogens is 282 g/mol. The Morgan fingerprint density at radius 3 is 2.65 bits per heavy atom. The smallest absolute Gasteiger partial charge is 0.231 e. The summed E-state index contributed by atoms with van der Waals surface area (Å²) in [6.07, 6.45) is 0. The van der Waals surface area contributed by atoms with Gasteiger partial charge in [-0.3, -0.25) is 9.69 Å². The fourth-order valence-electron chi connectivity index (χ4n) is 1.99. The average molecular weight is 300 g/mol. The van der Waals surface area contributed by atoms with Crippen LogP contribution in [0.4, 0.5) is 0 Å². The lowest BCUT2D eigenvalue weighted by Crippen LogP contribution is -2.41. The van der Waals surface area contributed by atoms with Gasteiger partial charge in [0.05, 0.1) is 6.54 Å². The van der Waals surface area contributed by atoms with Crippen molar-refractivity contribution in [3.05, 3.63) is 34.3 Å². The zero-order chi connectivity index (χ0) is 13.0. The first-order valence-electron chi connectivity index (χ1n) is 5.41. The van der Waals surface area contributed by atoms with E-state index in [0.29, 0.717) is 0 Å². The molecular formula is C12H18BrN3O. The van der Waals surface area contributed by atoms with Gasteiger partial charge in [-0.25, -0.2) is 0 Å². The quantitative estimate of drug-likeness (QED) is 0.859. The molecule has 0 bridgehead atoms. The second kappa shape index (κ2) is 6.14. The minimum atomic E-state index is -0.354. The molecule has 4 N–H and O–H groups in total. The van der Waals surface area contributed by atoms with Crippen molar-refractivity contribution in [2.24, 2.45) is 11.5 Å². The molecule has 0 aliphatic carbocycles. The van der Waals surface area contributed by atoms with E-state index in [0.717, 1.165) is 10.0 Å². The summed E-state index contributed by atoms with van der Waals surface area (Å²) in [5.41, 5.74) is 12.3. The molecule has 2 unspecified atom stereocenters. The summed E-state index contributed by atoms with van der Waals surface area (Å²) in [6.45, 7) is 2.11. The molecule has 17 heavy (non-hydrogen) atoms. The molecule has 1 amide bonds. The zero-order valence-corrected chi connectivity index (χ0v) is 11.6. The molecule has 2 atom stereocenters. The number of carbonyl (C=O) groups excluding carboxylic acids is 1. The predicted molar refractivity (Wildman–Crippen MR) is 72.4 cm³/mol. The maximum atomic E-state index is 11.0. The Morgan fingerprint density at radius 2 is 2.18 bits per heavy atom. The van der Waals surface area contributed by atoms with E-state index in [1.54, 1.807) is 0 Å². The van der Waals surface area contributed by atoms with E-state index in [-0.39, 0.29) is 24.5 Å². The summed E-state index contributed by atoms with van der Waals surface area (Å²) in [5, 5.41) is 0. The Kier molecular flexibility index (Phi) is 5.11. The van der Waals surface area contributed by atoms with Crippen molar-refractivity contribution in [1.29, 1.82) is 0 Å². The van der Waals surface area contributed by atoms with E-state index in [1.807, 2.05) is 43.1 Å². The topological polar surface area (TPSA) is 72.3 Å². The average Bonchev–Trinajstić information content (AvgIpc) is 2.15. The normalized spacial score (nSPS) is 14.6. The number of nitrogens with two attached hydrogens (primary N) is 2. The number of hydrogen-bond acceptors (Lipinski definition) is 3. The molecule has 5 heteroatoms. The van der Waals surface area contributed by atoms with Gasteiger partial charge in [0.15, 0.2) is 0 Å². The van der Waals surface area contributed by atoms with E-state index >= 15 is 0 Å². The molecule has 1 aromatic rings. The molecule has 4 nitrogen and oxygen atoms in total. The maximum Gasteiger partial charge on any atom is 0.231 e. The highest BCUT2D eigenvalue weighted by atomic mass is 79.9.